The largest absolute Gasteiger partial charge is 0.355 e. The molecule has 0 bridgehead atoms. The van der Waals surface area contributed by atoms with Crippen molar-refractivity contribution >= 4 is 28.5 Å². The minimum atomic E-state index is -0.215. The van der Waals surface area contributed by atoms with E-state index in [1.54, 1.807) is 0 Å². The Morgan fingerprint density at radius 2 is 2.06 bits per heavy atom. The van der Waals surface area contributed by atoms with Gasteiger partial charge in [-0.2, -0.15) is 0 Å². The maximum Gasteiger partial charge on any atom is 0.323 e. The summed E-state index contributed by atoms with van der Waals surface area (Å²) in [6, 6.07) is 5.64. The van der Waals surface area contributed by atoms with Crippen LogP contribution in [0.2, 0.25) is 0 Å². The predicted octanol–water partition coefficient (Wildman–Crippen LogP) is 0.754. The number of alkyl halides is 1. The number of carbonyl (C=O) groups is 1. The predicted molar refractivity (Wildman–Crippen MR) is 66.4 cm³/mol. The molecule has 17 heavy (non-hydrogen) atoms. The van der Waals surface area contributed by atoms with Crippen LogP contribution in [0.15, 0.2) is 23.0 Å². The van der Waals surface area contributed by atoms with Crippen LogP contribution < -0.4 is 11.0 Å². The molecule has 1 aromatic carbocycles. The summed E-state index contributed by atoms with van der Waals surface area (Å²) in [5, 5.41) is 2.68. The first-order valence-electron chi connectivity index (χ1n) is 5.22. The van der Waals surface area contributed by atoms with Crippen molar-refractivity contribution in [3.63, 3.8) is 0 Å². The molecule has 0 aliphatic rings. The number of rotatable bonds is 4. The third kappa shape index (κ3) is 2.88. The molecule has 1 heterocycles. The molecule has 5 nitrogen and oxygen atoms in total. The maximum atomic E-state index is 11.1. The van der Waals surface area contributed by atoms with Crippen molar-refractivity contribution in [1.82, 2.24) is 15.3 Å². The third-order valence-electron chi connectivity index (χ3n) is 2.44. The minimum absolute atomic E-state index is 0.0236. The Kier molecular flexibility index (Phi) is 3.49. The Morgan fingerprint density at radius 1 is 1.29 bits per heavy atom. The molecule has 0 atom stereocenters. The molecule has 0 aliphatic heterocycles. The summed E-state index contributed by atoms with van der Waals surface area (Å²) in [5.74, 6) is -0.202. The Morgan fingerprint density at radius 3 is 2.82 bits per heavy atom. The van der Waals surface area contributed by atoms with E-state index in [1.165, 1.54) is 0 Å². The topological polar surface area (TPSA) is 77.8 Å². The average molecular weight is 254 g/mol. The lowest BCUT2D eigenvalue weighted by Gasteiger charge is -2.03. The van der Waals surface area contributed by atoms with Crippen LogP contribution in [0.5, 0.6) is 0 Å². The van der Waals surface area contributed by atoms with Crippen LogP contribution in [0.3, 0.4) is 0 Å². The van der Waals surface area contributed by atoms with Gasteiger partial charge in [-0.15, -0.1) is 11.6 Å². The van der Waals surface area contributed by atoms with Gasteiger partial charge in [0.25, 0.3) is 0 Å². The SMILES string of the molecule is O=C(CCl)NCCc1ccc2[nH]c(=O)[nH]c2c1. The van der Waals surface area contributed by atoms with E-state index >= 15 is 0 Å². The van der Waals surface area contributed by atoms with E-state index in [2.05, 4.69) is 15.3 Å². The molecule has 0 saturated heterocycles. The molecule has 1 amide bonds. The van der Waals surface area contributed by atoms with E-state index in [0.29, 0.717) is 13.0 Å². The molecular formula is C11H12ClN3O2. The van der Waals surface area contributed by atoms with Crippen LogP contribution >= 0.6 is 11.6 Å². The third-order valence-corrected chi connectivity index (χ3v) is 2.68. The van der Waals surface area contributed by atoms with Gasteiger partial charge in [0.05, 0.1) is 11.0 Å². The molecule has 1 aromatic heterocycles. The number of carbonyl (C=O) groups excluding carboxylic acids is 1. The highest BCUT2D eigenvalue weighted by molar-refractivity contribution is 6.27. The van der Waals surface area contributed by atoms with Gasteiger partial charge in [0.15, 0.2) is 0 Å². The van der Waals surface area contributed by atoms with Gasteiger partial charge in [0, 0.05) is 6.54 Å². The minimum Gasteiger partial charge on any atom is -0.355 e. The molecule has 0 aliphatic carbocycles. The van der Waals surface area contributed by atoms with Gasteiger partial charge >= 0.3 is 5.69 Å². The second-order valence-electron chi connectivity index (χ2n) is 3.69. The number of fused-ring (bicyclic) bond motifs is 1. The number of H-pyrrole nitrogens is 2. The molecule has 2 rings (SSSR count). The molecule has 6 heteroatoms. The Labute approximate surface area is 102 Å². The monoisotopic (exact) mass is 253 g/mol. The molecular weight excluding hydrogens is 242 g/mol. The molecule has 0 saturated carbocycles. The fourth-order valence-electron chi connectivity index (χ4n) is 1.63. The number of hydrogen-bond acceptors (Lipinski definition) is 2. The van der Waals surface area contributed by atoms with Crippen molar-refractivity contribution < 1.29 is 4.79 Å². The highest BCUT2D eigenvalue weighted by atomic mass is 35.5. The van der Waals surface area contributed by atoms with Crippen LogP contribution in [0.1, 0.15) is 5.56 Å². The number of aromatic nitrogens is 2. The van der Waals surface area contributed by atoms with E-state index in [0.717, 1.165) is 16.6 Å². The summed E-state index contributed by atoms with van der Waals surface area (Å²) in [5.41, 5.74) is 2.38. The second kappa shape index (κ2) is 5.05. The van der Waals surface area contributed by atoms with E-state index in [-0.39, 0.29) is 17.5 Å². The van der Waals surface area contributed by atoms with E-state index < -0.39 is 0 Å². The van der Waals surface area contributed by atoms with Crippen molar-refractivity contribution in [3.8, 4) is 0 Å². The quantitative estimate of drug-likeness (QED) is 0.704. The number of hydrogen-bond donors (Lipinski definition) is 3. The molecule has 3 N–H and O–H groups in total. The summed E-state index contributed by atoms with van der Waals surface area (Å²) in [7, 11) is 0. The molecule has 90 valence electrons. The number of nitrogens with one attached hydrogen (secondary N) is 3. The van der Waals surface area contributed by atoms with Gasteiger partial charge in [-0.1, -0.05) is 6.07 Å². The van der Waals surface area contributed by atoms with Crippen LogP contribution in [0.4, 0.5) is 0 Å². The van der Waals surface area contributed by atoms with Crippen molar-refractivity contribution in [2.45, 2.75) is 6.42 Å². The molecule has 2 aromatic rings. The van der Waals surface area contributed by atoms with Gasteiger partial charge in [0.2, 0.25) is 5.91 Å². The van der Waals surface area contributed by atoms with Crippen LogP contribution in [0, 0.1) is 0 Å². The molecule has 0 radical (unpaired) electrons. The highest BCUT2D eigenvalue weighted by Crippen LogP contribution is 2.10. The zero-order valence-electron chi connectivity index (χ0n) is 9.05. The number of halogens is 1. The standard InChI is InChI=1S/C11H12ClN3O2/c12-6-10(16)13-4-3-7-1-2-8-9(5-7)15-11(17)14-8/h1-2,5H,3-4,6H2,(H,13,16)(H2,14,15,17). The van der Waals surface area contributed by atoms with Gasteiger partial charge < -0.3 is 15.3 Å². The van der Waals surface area contributed by atoms with E-state index in [1.807, 2.05) is 18.2 Å². The fraction of sp³-hybridized carbons (Fsp3) is 0.273. The van der Waals surface area contributed by atoms with Crippen LogP contribution in [-0.4, -0.2) is 28.3 Å². The number of imidazole rings is 1. The Hall–Kier alpha value is -1.75. The first-order valence-corrected chi connectivity index (χ1v) is 5.76. The average Bonchev–Trinajstić information content (AvgIpc) is 2.68. The van der Waals surface area contributed by atoms with Crippen LogP contribution in [-0.2, 0) is 11.2 Å². The molecule has 0 spiro atoms. The summed E-state index contributed by atoms with van der Waals surface area (Å²) < 4.78 is 0. The van der Waals surface area contributed by atoms with Gasteiger partial charge in [0.1, 0.15) is 5.88 Å². The summed E-state index contributed by atoms with van der Waals surface area (Å²) in [6.07, 6.45) is 0.700. The maximum absolute atomic E-state index is 11.1. The fourth-order valence-corrected chi connectivity index (χ4v) is 1.72. The van der Waals surface area contributed by atoms with Crippen molar-refractivity contribution in [2.24, 2.45) is 0 Å². The van der Waals surface area contributed by atoms with Crippen molar-refractivity contribution in [2.75, 3.05) is 12.4 Å². The smallest absolute Gasteiger partial charge is 0.323 e. The molecule has 0 unspecified atom stereocenters. The van der Waals surface area contributed by atoms with Crippen molar-refractivity contribution in [1.29, 1.82) is 0 Å². The summed E-state index contributed by atoms with van der Waals surface area (Å²) in [4.78, 5) is 27.3. The number of aromatic amines is 2. The summed E-state index contributed by atoms with van der Waals surface area (Å²) >= 11 is 5.36. The van der Waals surface area contributed by atoms with Gasteiger partial charge in [-0.3, -0.25) is 4.79 Å². The van der Waals surface area contributed by atoms with Crippen LogP contribution in [0.25, 0.3) is 11.0 Å². The highest BCUT2D eigenvalue weighted by Gasteiger charge is 2.01. The zero-order valence-corrected chi connectivity index (χ0v) is 9.80. The lowest BCUT2D eigenvalue weighted by molar-refractivity contribution is -0.118. The Balaban J connectivity index is 2.04. The first-order chi connectivity index (χ1) is 8.19. The number of amides is 1. The van der Waals surface area contributed by atoms with Crippen molar-refractivity contribution in [3.05, 3.63) is 34.2 Å². The first kappa shape index (κ1) is 11.7. The Bertz CT molecular complexity index is 588. The summed E-state index contributed by atoms with van der Waals surface area (Å²) in [6.45, 7) is 0.533. The van der Waals surface area contributed by atoms with E-state index in [4.69, 9.17) is 11.6 Å². The number of benzene rings is 1. The molecule has 0 fully saturated rings. The lowest BCUT2D eigenvalue weighted by atomic mass is 10.1. The lowest BCUT2D eigenvalue weighted by Crippen LogP contribution is -2.26. The zero-order chi connectivity index (χ0) is 12.3. The van der Waals surface area contributed by atoms with Gasteiger partial charge in [-0.05, 0) is 24.1 Å². The second-order valence-corrected chi connectivity index (χ2v) is 3.96. The van der Waals surface area contributed by atoms with E-state index in [9.17, 15) is 9.59 Å². The van der Waals surface area contributed by atoms with Gasteiger partial charge in [-0.25, -0.2) is 4.79 Å². The normalized spacial score (nSPS) is 10.6.